The molecule has 0 amide bonds. The summed E-state index contributed by atoms with van der Waals surface area (Å²) >= 11 is 0. The highest BCUT2D eigenvalue weighted by atomic mass is 16.5. The minimum atomic E-state index is 0.612. The molecule has 1 aromatic heterocycles. The van der Waals surface area contributed by atoms with Crippen molar-refractivity contribution in [3.63, 3.8) is 0 Å². The van der Waals surface area contributed by atoms with E-state index in [4.69, 9.17) is 14.0 Å². The number of benzene rings is 1. The van der Waals surface area contributed by atoms with Gasteiger partial charge in [0.15, 0.2) is 17.5 Å². The van der Waals surface area contributed by atoms with Crippen molar-refractivity contribution in [1.29, 1.82) is 0 Å². The Labute approximate surface area is 192 Å². The molecule has 32 heavy (non-hydrogen) atoms. The molecule has 0 saturated heterocycles. The molecule has 0 unspecified atom stereocenters. The van der Waals surface area contributed by atoms with Gasteiger partial charge in [-0.25, -0.2) is 0 Å². The van der Waals surface area contributed by atoms with Gasteiger partial charge in [-0.15, -0.1) is 0 Å². The molecule has 1 aromatic carbocycles. The van der Waals surface area contributed by atoms with Crippen LogP contribution in [0.5, 0.6) is 11.5 Å². The Kier molecular flexibility index (Phi) is 10.9. The van der Waals surface area contributed by atoms with Crippen molar-refractivity contribution in [2.45, 2.75) is 53.6 Å². The maximum absolute atomic E-state index is 5.95. The van der Waals surface area contributed by atoms with E-state index < -0.39 is 0 Å². The van der Waals surface area contributed by atoms with Crippen LogP contribution in [-0.2, 0) is 25.9 Å². The van der Waals surface area contributed by atoms with E-state index in [1.807, 2.05) is 18.2 Å². The van der Waals surface area contributed by atoms with Gasteiger partial charge in [0.25, 0.3) is 0 Å². The van der Waals surface area contributed by atoms with E-state index in [1.54, 1.807) is 14.2 Å². The summed E-state index contributed by atoms with van der Waals surface area (Å²) < 4.78 is 16.9. The van der Waals surface area contributed by atoms with E-state index in [0.717, 1.165) is 66.6 Å². The topological polar surface area (TPSA) is 84.2 Å². The fourth-order valence-corrected chi connectivity index (χ4v) is 3.48. The van der Waals surface area contributed by atoms with Gasteiger partial charge in [0.05, 0.1) is 12.8 Å². The van der Waals surface area contributed by atoms with Gasteiger partial charge >= 0.3 is 0 Å². The van der Waals surface area contributed by atoms with Crippen molar-refractivity contribution < 1.29 is 14.0 Å². The summed E-state index contributed by atoms with van der Waals surface area (Å²) in [5.41, 5.74) is 3.19. The predicted octanol–water partition coefficient (Wildman–Crippen LogP) is 3.39. The van der Waals surface area contributed by atoms with Gasteiger partial charge in [0, 0.05) is 38.7 Å². The fraction of sp³-hybridized carbons (Fsp3) is 0.583. The van der Waals surface area contributed by atoms with Crippen LogP contribution in [0.15, 0.2) is 27.7 Å². The van der Waals surface area contributed by atoms with Gasteiger partial charge in [-0.2, -0.15) is 0 Å². The molecule has 0 bridgehead atoms. The van der Waals surface area contributed by atoms with Gasteiger partial charge in [-0.1, -0.05) is 38.9 Å². The van der Waals surface area contributed by atoms with Crippen LogP contribution in [0, 0.1) is 0 Å². The third kappa shape index (κ3) is 7.15. The first-order chi connectivity index (χ1) is 15.6. The predicted molar refractivity (Wildman–Crippen MR) is 129 cm³/mol. The maximum Gasteiger partial charge on any atom is 0.191 e. The Hall–Kier alpha value is -2.74. The lowest BCUT2D eigenvalue weighted by Crippen LogP contribution is -2.36. The van der Waals surface area contributed by atoms with E-state index in [9.17, 15) is 0 Å². The molecule has 0 aliphatic carbocycles. The Balaban J connectivity index is 1.92. The zero-order valence-electron chi connectivity index (χ0n) is 20.5. The number of likely N-dealkylation sites (N-methyl/N-ethyl adjacent to an activating group) is 1. The largest absolute Gasteiger partial charge is 0.493 e. The second kappa shape index (κ2) is 13.6. The molecule has 1 heterocycles. The molecule has 2 rings (SSSR count). The Morgan fingerprint density at radius 1 is 1.06 bits per heavy atom. The van der Waals surface area contributed by atoms with Gasteiger partial charge in [0.2, 0.25) is 0 Å². The minimum Gasteiger partial charge on any atom is -0.493 e. The maximum atomic E-state index is 5.95. The van der Waals surface area contributed by atoms with E-state index in [-0.39, 0.29) is 0 Å². The van der Waals surface area contributed by atoms with E-state index >= 15 is 0 Å². The average molecular weight is 446 g/mol. The number of nitrogens with one attached hydrogen (secondary N) is 2. The number of methoxy groups -OCH3 is 1. The van der Waals surface area contributed by atoms with E-state index in [2.05, 4.69) is 53.4 Å². The van der Waals surface area contributed by atoms with Crippen molar-refractivity contribution in [2.24, 2.45) is 4.99 Å². The first kappa shape index (κ1) is 25.5. The van der Waals surface area contributed by atoms with Crippen LogP contribution in [-0.4, -0.2) is 56.4 Å². The summed E-state index contributed by atoms with van der Waals surface area (Å²) in [5.74, 6) is 3.13. The second-order valence-electron chi connectivity index (χ2n) is 7.38. The zero-order chi connectivity index (χ0) is 23.3. The molecule has 0 fully saturated rings. The lowest BCUT2D eigenvalue weighted by molar-refractivity contribution is 0.217. The van der Waals surface area contributed by atoms with Gasteiger partial charge < -0.3 is 29.5 Å². The standard InChI is InChI=1S/C24H39N5O3/c1-7-20-19(21(8-2)32-28-20)17-27-24(25-5)26-16-18-11-12-22(23(15-18)30-6)31-14-13-29(9-3)10-4/h11-12,15H,7-10,13-14,16-17H2,1-6H3,(H2,25,26,27). The van der Waals surface area contributed by atoms with Crippen LogP contribution in [0.1, 0.15) is 50.3 Å². The summed E-state index contributed by atoms with van der Waals surface area (Å²) in [6.45, 7) is 13.3. The van der Waals surface area contributed by atoms with E-state index in [0.29, 0.717) is 25.7 Å². The molecule has 0 saturated carbocycles. The minimum absolute atomic E-state index is 0.612. The normalized spacial score (nSPS) is 11.7. The molecule has 0 spiro atoms. The number of guanidine groups is 1. The highest BCUT2D eigenvalue weighted by molar-refractivity contribution is 5.79. The Morgan fingerprint density at radius 3 is 2.44 bits per heavy atom. The van der Waals surface area contributed by atoms with Crippen LogP contribution >= 0.6 is 0 Å². The van der Waals surface area contributed by atoms with Crippen molar-refractivity contribution in [1.82, 2.24) is 20.7 Å². The van der Waals surface area contributed by atoms with Gasteiger partial charge in [-0.3, -0.25) is 4.99 Å². The summed E-state index contributed by atoms with van der Waals surface area (Å²) in [6.07, 6.45) is 1.66. The number of nitrogens with zero attached hydrogens (tertiary/aromatic N) is 3. The average Bonchev–Trinajstić information content (AvgIpc) is 3.24. The second-order valence-corrected chi connectivity index (χ2v) is 7.38. The van der Waals surface area contributed by atoms with Crippen LogP contribution in [0.25, 0.3) is 0 Å². The number of ether oxygens (including phenoxy) is 2. The van der Waals surface area contributed by atoms with Crippen LogP contribution in [0.3, 0.4) is 0 Å². The molecule has 0 atom stereocenters. The molecule has 0 aliphatic rings. The summed E-state index contributed by atoms with van der Waals surface area (Å²) in [4.78, 5) is 6.66. The van der Waals surface area contributed by atoms with Crippen molar-refractivity contribution in [3.8, 4) is 11.5 Å². The number of rotatable bonds is 13. The number of aryl methyl sites for hydroxylation is 2. The summed E-state index contributed by atoms with van der Waals surface area (Å²) in [6, 6.07) is 6.00. The van der Waals surface area contributed by atoms with Crippen LogP contribution in [0.2, 0.25) is 0 Å². The number of hydrogen-bond acceptors (Lipinski definition) is 6. The number of aromatic nitrogens is 1. The summed E-state index contributed by atoms with van der Waals surface area (Å²) in [5, 5.41) is 10.9. The highest BCUT2D eigenvalue weighted by Gasteiger charge is 2.14. The zero-order valence-corrected chi connectivity index (χ0v) is 20.5. The lowest BCUT2D eigenvalue weighted by atomic mass is 10.1. The third-order valence-electron chi connectivity index (χ3n) is 5.51. The first-order valence-corrected chi connectivity index (χ1v) is 11.5. The first-order valence-electron chi connectivity index (χ1n) is 11.5. The van der Waals surface area contributed by atoms with Crippen LogP contribution in [0.4, 0.5) is 0 Å². The SMILES string of the molecule is CCc1noc(CC)c1CNC(=NC)NCc1ccc(OCCN(CC)CC)c(OC)c1. The molecule has 0 aliphatic heterocycles. The number of hydrogen-bond donors (Lipinski definition) is 2. The van der Waals surface area contributed by atoms with Crippen molar-refractivity contribution in [3.05, 3.63) is 40.8 Å². The van der Waals surface area contributed by atoms with Gasteiger partial charge in [-0.05, 0) is 37.2 Å². The Bertz CT molecular complexity index is 825. The quantitative estimate of drug-likeness (QED) is 0.361. The number of aliphatic imine (C=N–C) groups is 1. The molecule has 2 N–H and O–H groups in total. The van der Waals surface area contributed by atoms with Gasteiger partial charge in [0.1, 0.15) is 12.4 Å². The fourth-order valence-electron chi connectivity index (χ4n) is 3.48. The summed E-state index contributed by atoms with van der Waals surface area (Å²) in [7, 11) is 3.43. The smallest absolute Gasteiger partial charge is 0.191 e. The highest BCUT2D eigenvalue weighted by Crippen LogP contribution is 2.28. The molecule has 2 aromatic rings. The molecule has 178 valence electrons. The van der Waals surface area contributed by atoms with Crippen molar-refractivity contribution in [2.75, 3.05) is 40.4 Å². The lowest BCUT2D eigenvalue weighted by Gasteiger charge is -2.19. The molecule has 8 heteroatoms. The van der Waals surface area contributed by atoms with E-state index in [1.165, 1.54) is 0 Å². The molecular formula is C24H39N5O3. The molecule has 0 radical (unpaired) electrons. The molecular weight excluding hydrogens is 406 g/mol. The molecule has 8 nitrogen and oxygen atoms in total. The van der Waals surface area contributed by atoms with Crippen LogP contribution < -0.4 is 20.1 Å². The third-order valence-corrected chi connectivity index (χ3v) is 5.51. The Morgan fingerprint density at radius 2 is 1.81 bits per heavy atom. The monoisotopic (exact) mass is 445 g/mol. The van der Waals surface area contributed by atoms with Crippen molar-refractivity contribution >= 4 is 5.96 Å².